The predicted octanol–water partition coefficient (Wildman–Crippen LogP) is 0.296. The molecule has 0 bridgehead atoms. The summed E-state index contributed by atoms with van der Waals surface area (Å²) >= 11 is 0. The molecule has 0 aromatic rings. The molecule has 0 radical (unpaired) electrons. The molecule has 6 heteroatoms. The van der Waals surface area contributed by atoms with Gasteiger partial charge >= 0.3 is 6.03 Å². The maximum absolute atomic E-state index is 11.6. The van der Waals surface area contributed by atoms with Crippen molar-refractivity contribution in [2.24, 2.45) is 0 Å². The molecule has 0 spiro atoms. The Morgan fingerprint density at radius 1 is 1.37 bits per heavy atom. The third kappa shape index (κ3) is 7.12. The van der Waals surface area contributed by atoms with Gasteiger partial charge in [0.05, 0.1) is 6.54 Å². The van der Waals surface area contributed by atoms with E-state index in [4.69, 9.17) is 0 Å². The number of carbonyl (C=O) groups is 2. The van der Waals surface area contributed by atoms with E-state index in [1.54, 1.807) is 0 Å². The number of nitrogens with zero attached hydrogens (tertiary/aromatic N) is 1. The number of amides is 3. The maximum atomic E-state index is 11.6. The van der Waals surface area contributed by atoms with E-state index in [0.29, 0.717) is 12.6 Å². The first kappa shape index (κ1) is 15.9. The summed E-state index contributed by atoms with van der Waals surface area (Å²) in [6, 6.07) is 0.0523. The molecule has 3 amide bonds. The average molecular weight is 270 g/mol. The van der Waals surface area contributed by atoms with E-state index in [2.05, 4.69) is 16.0 Å². The fraction of sp³-hybridized carbons (Fsp3) is 0.846. The van der Waals surface area contributed by atoms with E-state index in [-0.39, 0.29) is 12.5 Å². The molecule has 1 heterocycles. The van der Waals surface area contributed by atoms with E-state index in [9.17, 15) is 9.59 Å². The normalized spacial score (nSPS) is 19.2. The second kappa shape index (κ2) is 8.87. The minimum Gasteiger partial charge on any atom is -0.338 e. The van der Waals surface area contributed by atoms with Crippen molar-refractivity contribution in [1.82, 2.24) is 20.9 Å². The van der Waals surface area contributed by atoms with E-state index in [1.165, 1.54) is 12.8 Å². The monoisotopic (exact) mass is 270 g/mol. The van der Waals surface area contributed by atoms with Gasteiger partial charge in [-0.2, -0.15) is 0 Å². The zero-order chi connectivity index (χ0) is 14.1. The summed E-state index contributed by atoms with van der Waals surface area (Å²) in [4.78, 5) is 24.9. The third-order valence-corrected chi connectivity index (χ3v) is 3.15. The first-order valence-corrected chi connectivity index (χ1v) is 7.11. The zero-order valence-electron chi connectivity index (χ0n) is 12.0. The highest BCUT2D eigenvalue weighted by Gasteiger charge is 2.16. The van der Waals surface area contributed by atoms with Crippen molar-refractivity contribution >= 4 is 11.9 Å². The largest absolute Gasteiger partial charge is 0.338 e. The van der Waals surface area contributed by atoms with Crippen LogP contribution in [0.25, 0.3) is 0 Å². The lowest BCUT2D eigenvalue weighted by molar-refractivity contribution is -0.120. The Hall–Kier alpha value is -1.14. The Bertz CT molecular complexity index is 290. The van der Waals surface area contributed by atoms with Crippen molar-refractivity contribution in [3.8, 4) is 0 Å². The molecule has 1 aliphatic rings. The highest BCUT2D eigenvalue weighted by molar-refractivity contribution is 5.95. The van der Waals surface area contributed by atoms with Crippen LogP contribution < -0.4 is 16.0 Å². The topological polar surface area (TPSA) is 73.5 Å². The molecule has 0 aromatic heterocycles. The van der Waals surface area contributed by atoms with E-state index >= 15 is 0 Å². The zero-order valence-corrected chi connectivity index (χ0v) is 12.0. The molecular weight excluding hydrogens is 244 g/mol. The second-order valence-electron chi connectivity index (χ2n) is 5.15. The molecule has 0 aliphatic carbocycles. The molecular formula is C13H26N4O2. The number of urea groups is 1. The third-order valence-electron chi connectivity index (χ3n) is 3.15. The Labute approximate surface area is 115 Å². The van der Waals surface area contributed by atoms with Gasteiger partial charge in [0.1, 0.15) is 0 Å². The van der Waals surface area contributed by atoms with Gasteiger partial charge in [0, 0.05) is 19.1 Å². The summed E-state index contributed by atoms with van der Waals surface area (Å²) in [6.07, 6.45) is 4.49. The molecule has 3 N–H and O–H groups in total. The highest BCUT2D eigenvalue weighted by Crippen LogP contribution is 2.07. The summed E-state index contributed by atoms with van der Waals surface area (Å²) in [5.41, 5.74) is 0. The molecule has 1 aliphatic heterocycles. The molecule has 0 saturated carbocycles. The molecule has 1 rings (SSSR count). The summed E-state index contributed by atoms with van der Waals surface area (Å²) in [7, 11) is 1.90. The van der Waals surface area contributed by atoms with Crippen LogP contribution in [0.2, 0.25) is 0 Å². The molecule has 6 nitrogen and oxygen atoms in total. The van der Waals surface area contributed by atoms with Gasteiger partial charge < -0.3 is 10.6 Å². The molecule has 0 aromatic carbocycles. The number of hydrogen-bond acceptors (Lipinski definition) is 4. The molecule has 1 atom stereocenters. The van der Waals surface area contributed by atoms with Crippen LogP contribution in [0.3, 0.4) is 0 Å². The number of hydrogen-bond donors (Lipinski definition) is 3. The minimum absolute atomic E-state index is 0.248. The lowest BCUT2D eigenvalue weighted by Gasteiger charge is -2.27. The first-order valence-electron chi connectivity index (χ1n) is 7.11. The molecule has 19 heavy (non-hydrogen) atoms. The standard InChI is InChI=1S/C13H26N4O2/c1-3-7-15-13(19)16-12(18)10-17(2)9-11-6-4-5-8-14-11/h11,14H,3-10H2,1-2H3,(H2,15,16,18,19). The number of piperidine rings is 1. The summed E-state index contributed by atoms with van der Waals surface area (Å²) < 4.78 is 0. The lowest BCUT2D eigenvalue weighted by atomic mass is 10.0. The van der Waals surface area contributed by atoms with Crippen LogP contribution >= 0.6 is 0 Å². The number of imide groups is 1. The van der Waals surface area contributed by atoms with Crippen LogP contribution in [-0.4, -0.2) is 56.1 Å². The van der Waals surface area contributed by atoms with Crippen LogP contribution in [0.5, 0.6) is 0 Å². The smallest absolute Gasteiger partial charge is 0.321 e. The van der Waals surface area contributed by atoms with E-state index < -0.39 is 6.03 Å². The van der Waals surface area contributed by atoms with Crippen LogP contribution in [0.15, 0.2) is 0 Å². The lowest BCUT2D eigenvalue weighted by Crippen LogP contribution is -2.47. The highest BCUT2D eigenvalue weighted by atomic mass is 16.2. The molecule has 1 fully saturated rings. The summed E-state index contributed by atoms with van der Waals surface area (Å²) in [6.45, 7) is 4.69. The summed E-state index contributed by atoms with van der Waals surface area (Å²) in [5, 5.41) is 8.39. The molecule has 1 unspecified atom stereocenters. The van der Waals surface area contributed by atoms with Gasteiger partial charge in [-0.3, -0.25) is 15.0 Å². The van der Waals surface area contributed by atoms with Crippen molar-refractivity contribution in [2.45, 2.75) is 38.6 Å². The summed E-state index contributed by atoms with van der Waals surface area (Å²) in [5.74, 6) is -0.257. The quantitative estimate of drug-likeness (QED) is 0.649. The average Bonchev–Trinajstić information content (AvgIpc) is 2.37. The van der Waals surface area contributed by atoms with Gasteiger partial charge in [-0.05, 0) is 32.9 Å². The minimum atomic E-state index is -0.406. The van der Waals surface area contributed by atoms with Crippen LogP contribution in [0.1, 0.15) is 32.6 Å². The maximum Gasteiger partial charge on any atom is 0.321 e. The molecule has 1 saturated heterocycles. The number of likely N-dealkylation sites (N-methyl/N-ethyl adjacent to an activating group) is 1. The fourth-order valence-electron chi connectivity index (χ4n) is 2.21. The Morgan fingerprint density at radius 2 is 2.16 bits per heavy atom. The van der Waals surface area contributed by atoms with Gasteiger partial charge in [0.15, 0.2) is 0 Å². The van der Waals surface area contributed by atoms with Crippen molar-refractivity contribution in [1.29, 1.82) is 0 Å². The molecule has 110 valence electrons. The second-order valence-corrected chi connectivity index (χ2v) is 5.15. The van der Waals surface area contributed by atoms with Gasteiger partial charge in [0.2, 0.25) is 5.91 Å². The van der Waals surface area contributed by atoms with Gasteiger partial charge in [-0.15, -0.1) is 0 Å². The Balaban J connectivity index is 2.17. The van der Waals surface area contributed by atoms with Crippen molar-refractivity contribution in [3.05, 3.63) is 0 Å². The Kier molecular flexibility index (Phi) is 7.43. The first-order chi connectivity index (χ1) is 9.11. The predicted molar refractivity (Wildman–Crippen MR) is 75.0 cm³/mol. The SMILES string of the molecule is CCCNC(=O)NC(=O)CN(C)CC1CCCCN1. The Morgan fingerprint density at radius 3 is 2.79 bits per heavy atom. The number of carbonyl (C=O) groups excluding carboxylic acids is 2. The van der Waals surface area contributed by atoms with Gasteiger partial charge in [0.25, 0.3) is 0 Å². The number of nitrogens with one attached hydrogen (secondary N) is 3. The fourth-order valence-corrected chi connectivity index (χ4v) is 2.21. The van der Waals surface area contributed by atoms with Crippen molar-refractivity contribution in [2.75, 3.05) is 33.2 Å². The van der Waals surface area contributed by atoms with Gasteiger partial charge in [-0.1, -0.05) is 13.3 Å². The van der Waals surface area contributed by atoms with Gasteiger partial charge in [-0.25, -0.2) is 4.79 Å². The van der Waals surface area contributed by atoms with Crippen LogP contribution in [-0.2, 0) is 4.79 Å². The van der Waals surface area contributed by atoms with Crippen LogP contribution in [0, 0.1) is 0 Å². The van der Waals surface area contributed by atoms with E-state index in [1.807, 2.05) is 18.9 Å². The van der Waals surface area contributed by atoms with Crippen molar-refractivity contribution < 1.29 is 9.59 Å². The van der Waals surface area contributed by atoms with E-state index in [0.717, 1.165) is 25.9 Å². The van der Waals surface area contributed by atoms with Crippen molar-refractivity contribution in [3.63, 3.8) is 0 Å². The van der Waals surface area contributed by atoms with Crippen LogP contribution in [0.4, 0.5) is 4.79 Å². The number of rotatable bonds is 6.